The van der Waals surface area contributed by atoms with Gasteiger partial charge in [0, 0.05) is 13.0 Å². The molecule has 2 heteroatoms. The number of allylic oxidation sites excluding steroid dienone is 3. The fourth-order valence-electron chi connectivity index (χ4n) is 6.86. The largest absolute Gasteiger partial charge is 0.501 e. The minimum Gasteiger partial charge on any atom is -0.501 e. The molecule has 0 bridgehead atoms. The molecule has 0 aromatic rings. The summed E-state index contributed by atoms with van der Waals surface area (Å²) < 4.78 is 5.52. The van der Waals surface area contributed by atoms with Gasteiger partial charge in [-0.15, -0.1) is 0 Å². The Hall–Kier alpha value is -0.760. The normalized spacial score (nSPS) is 45.9. The molecule has 0 radical (unpaired) electrons. The Balaban J connectivity index is 1.64. The monoisotopic (exact) mass is 316 g/mol. The van der Waals surface area contributed by atoms with E-state index in [1.165, 1.54) is 37.9 Å². The van der Waals surface area contributed by atoms with Gasteiger partial charge in [0.25, 0.3) is 0 Å². The fourth-order valence-corrected chi connectivity index (χ4v) is 6.86. The fraction of sp³-hybridized carbons (Fsp3) is 0.810. The molecule has 2 saturated carbocycles. The summed E-state index contributed by atoms with van der Waals surface area (Å²) in [6.07, 6.45) is 11.0. The van der Waals surface area contributed by atoms with E-state index in [1.54, 1.807) is 11.1 Å². The van der Waals surface area contributed by atoms with Gasteiger partial charge in [-0.1, -0.05) is 25.0 Å². The summed E-state index contributed by atoms with van der Waals surface area (Å²) in [4.78, 5) is 0. The van der Waals surface area contributed by atoms with E-state index in [4.69, 9.17) is 4.74 Å². The zero-order valence-corrected chi connectivity index (χ0v) is 15.0. The van der Waals surface area contributed by atoms with E-state index in [0.29, 0.717) is 17.9 Å². The van der Waals surface area contributed by atoms with Gasteiger partial charge in [0.1, 0.15) is 0 Å². The average Bonchev–Trinajstić information content (AvgIpc) is 2.90. The molecule has 0 amide bonds. The Morgan fingerprint density at radius 3 is 2.87 bits per heavy atom. The number of fused-ring (bicyclic) bond motifs is 4. The van der Waals surface area contributed by atoms with Crippen LogP contribution in [-0.2, 0) is 4.74 Å². The highest BCUT2D eigenvalue weighted by Crippen LogP contribution is 2.64. The number of aliphatic hydroxyl groups is 1. The van der Waals surface area contributed by atoms with Crippen LogP contribution in [-0.4, -0.2) is 18.8 Å². The van der Waals surface area contributed by atoms with Crippen LogP contribution in [0.4, 0.5) is 0 Å². The number of ether oxygens (including phenoxy) is 1. The van der Waals surface area contributed by atoms with Crippen LogP contribution in [0.15, 0.2) is 23.0 Å². The lowest BCUT2D eigenvalue weighted by atomic mass is 9.51. The molecule has 0 aromatic heterocycles. The highest BCUT2D eigenvalue weighted by molar-refractivity contribution is 5.33. The predicted octanol–water partition coefficient (Wildman–Crippen LogP) is 4.70. The summed E-state index contributed by atoms with van der Waals surface area (Å²) in [6.45, 7) is 5.37. The molecule has 4 aliphatic carbocycles. The maximum absolute atomic E-state index is 9.84. The Morgan fingerprint density at radius 1 is 1.30 bits per heavy atom. The second-order valence-electron chi connectivity index (χ2n) is 8.86. The van der Waals surface area contributed by atoms with Crippen molar-refractivity contribution in [2.24, 2.45) is 35.0 Å². The number of aliphatic hydroxyl groups excluding tert-OH is 1. The third-order valence-corrected chi connectivity index (χ3v) is 8.08. The number of methoxy groups -OCH3 is 1. The highest BCUT2D eigenvalue weighted by Gasteiger charge is 2.56. The summed E-state index contributed by atoms with van der Waals surface area (Å²) >= 11 is 0. The minimum atomic E-state index is 0.393. The van der Waals surface area contributed by atoms with Crippen LogP contribution in [0.1, 0.15) is 58.8 Å². The molecule has 1 N–H and O–H groups in total. The molecule has 2 nitrogen and oxygen atoms in total. The molecule has 2 unspecified atom stereocenters. The van der Waals surface area contributed by atoms with Gasteiger partial charge in [-0.05, 0) is 79.6 Å². The van der Waals surface area contributed by atoms with Crippen LogP contribution < -0.4 is 0 Å². The van der Waals surface area contributed by atoms with Crippen LogP contribution >= 0.6 is 0 Å². The van der Waals surface area contributed by atoms with Crippen molar-refractivity contribution < 1.29 is 9.84 Å². The minimum absolute atomic E-state index is 0.393. The van der Waals surface area contributed by atoms with Crippen LogP contribution in [0, 0.1) is 35.0 Å². The predicted molar refractivity (Wildman–Crippen MR) is 92.8 cm³/mol. The van der Waals surface area contributed by atoms with Crippen molar-refractivity contribution in [2.75, 3.05) is 13.7 Å². The first-order valence-corrected chi connectivity index (χ1v) is 9.63. The Labute approximate surface area is 141 Å². The van der Waals surface area contributed by atoms with E-state index in [0.717, 1.165) is 36.5 Å². The Morgan fingerprint density at radius 2 is 2.13 bits per heavy atom. The van der Waals surface area contributed by atoms with Gasteiger partial charge in [-0.3, -0.25) is 0 Å². The lowest BCUT2D eigenvalue weighted by Gasteiger charge is -2.54. The Bertz CT molecular complexity index is 546. The van der Waals surface area contributed by atoms with Crippen molar-refractivity contribution in [3.8, 4) is 0 Å². The average molecular weight is 316 g/mol. The van der Waals surface area contributed by atoms with Crippen molar-refractivity contribution in [1.82, 2.24) is 0 Å². The standard InChI is InChI=1S/C21H32O2/c1-13-10-14-11-16(23-3)5-6-17(14)18-8-9-21(2)15(12-22)4-7-19(21)20(13)18/h5,13,15,18-20,22H,4,6-12H2,1-3H3/t13?,15?,18-,19+,20-,21-/m1/s1. The summed E-state index contributed by atoms with van der Waals surface area (Å²) in [5.41, 5.74) is 3.85. The second-order valence-corrected chi connectivity index (χ2v) is 8.86. The van der Waals surface area contributed by atoms with Gasteiger partial charge in [0.15, 0.2) is 0 Å². The molecule has 0 heterocycles. The second kappa shape index (κ2) is 5.65. The topological polar surface area (TPSA) is 29.5 Å². The van der Waals surface area contributed by atoms with E-state index in [2.05, 4.69) is 19.9 Å². The molecule has 0 aromatic carbocycles. The van der Waals surface area contributed by atoms with Gasteiger partial charge >= 0.3 is 0 Å². The summed E-state index contributed by atoms with van der Waals surface area (Å²) in [5, 5.41) is 9.84. The van der Waals surface area contributed by atoms with Crippen LogP contribution in [0.25, 0.3) is 0 Å². The zero-order valence-electron chi connectivity index (χ0n) is 15.0. The number of rotatable bonds is 2. The maximum Gasteiger partial charge on any atom is 0.0959 e. The van der Waals surface area contributed by atoms with Gasteiger partial charge in [0.2, 0.25) is 0 Å². The third-order valence-electron chi connectivity index (χ3n) is 8.08. The SMILES string of the molecule is COC1=CCC2=C(C1)CC(C)[C@@H]1[C@@H]2CC[C@]2(C)C(CO)CC[C@@H]12. The van der Waals surface area contributed by atoms with Crippen LogP contribution in [0.3, 0.4) is 0 Å². The lowest BCUT2D eigenvalue weighted by molar-refractivity contribution is -0.0214. The zero-order chi connectivity index (χ0) is 16.2. The first-order valence-electron chi connectivity index (χ1n) is 9.63. The number of hydrogen-bond donors (Lipinski definition) is 1. The highest BCUT2D eigenvalue weighted by atomic mass is 16.5. The molecule has 0 spiro atoms. The Kier molecular flexibility index (Phi) is 3.87. The molecule has 0 saturated heterocycles. The maximum atomic E-state index is 9.84. The first kappa shape index (κ1) is 15.7. The molecule has 23 heavy (non-hydrogen) atoms. The van der Waals surface area contributed by atoms with Crippen molar-refractivity contribution in [1.29, 1.82) is 0 Å². The first-order chi connectivity index (χ1) is 11.1. The van der Waals surface area contributed by atoms with Crippen molar-refractivity contribution in [3.63, 3.8) is 0 Å². The van der Waals surface area contributed by atoms with Gasteiger partial charge in [0.05, 0.1) is 12.9 Å². The molecule has 4 aliphatic rings. The van der Waals surface area contributed by atoms with Gasteiger partial charge in [-0.2, -0.15) is 0 Å². The van der Waals surface area contributed by atoms with E-state index >= 15 is 0 Å². The summed E-state index contributed by atoms with van der Waals surface area (Å²) in [6, 6.07) is 0. The molecular formula is C21H32O2. The third kappa shape index (κ3) is 2.24. The van der Waals surface area contributed by atoms with Crippen molar-refractivity contribution >= 4 is 0 Å². The molecular weight excluding hydrogens is 284 g/mol. The summed E-state index contributed by atoms with van der Waals surface area (Å²) in [5.74, 6) is 4.99. The van der Waals surface area contributed by atoms with Crippen molar-refractivity contribution in [3.05, 3.63) is 23.0 Å². The molecule has 6 atom stereocenters. The van der Waals surface area contributed by atoms with Gasteiger partial charge < -0.3 is 9.84 Å². The van der Waals surface area contributed by atoms with Gasteiger partial charge in [-0.25, -0.2) is 0 Å². The quantitative estimate of drug-likeness (QED) is 0.748. The van der Waals surface area contributed by atoms with E-state index in [-0.39, 0.29) is 0 Å². The molecule has 128 valence electrons. The summed E-state index contributed by atoms with van der Waals surface area (Å²) in [7, 11) is 1.81. The van der Waals surface area contributed by atoms with Crippen molar-refractivity contribution in [2.45, 2.75) is 58.8 Å². The smallest absolute Gasteiger partial charge is 0.0959 e. The molecule has 0 aliphatic heterocycles. The lowest BCUT2D eigenvalue weighted by Crippen LogP contribution is -2.47. The number of hydrogen-bond acceptors (Lipinski definition) is 2. The van der Waals surface area contributed by atoms with Crippen LogP contribution in [0.5, 0.6) is 0 Å². The van der Waals surface area contributed by atoms with E-state index in [9.17, 15) is 5.11 Å². The van der Waals surface area contributed by atoms with Crippen LogP contribution in [0.2, 0.25) is 0 Å². The molecule has 4 rings (SSSR count). The van der Waals surface area contributed by atoms with E-state index in [1.807, 2.05) is 7.11 Å². The molecule has 2 fully saturated rings. The van der Waals surface area contributed by atoms with E-state index < -0.39 is 0 Å².